The van der Waals surface area contributed by atoms with Crippen LogP contribution >= 0.6 is 11.6 Å². The van der Waals surface area contributed by atoms with Gasteiger partial charge in [-0.15, -0.1) is 10.2 Å². The number of aliphatic carboxylic acids is 1. The molecule has 0 atom stereocenters. The lowest BCUT2D eigenvalue weighted by Gasteiger charge is -1.98. The fourth-order valence-electron chi connectivity index (χ4n) is 1.47. The molecule has 0 saturated heterocycles. The van der Waals surface area contributed by atoms with Gasteiger partial charge in [0.2, 0.25) is 0 Å². The van der Waals surface area contributed by atoms with Crippen molar-refractivity contribution in [1.29, 1.82) is 0 Å². The summed E-state index contributed by atoms with van der Waals surface area (Å²) in [6.07, 6.45) is 1.37. The molecule has 1 N–H and O–H groups in total. The molecule has 0 saturated carbocycles. The Morgan fingerprint density at radius 1 is 1.28 bits per heavy atom. The van der Waals surface area contributed by atoms with Gasteiger partial charge in [0.05, 0.1) is 0 Å². The van der Waals surface area contributed by atoms with Crippen molar-refractivity contribution in [2.45, 2.75) is 19.4 Å². The van der Waals surface area contributed by atoms with E-state index < -0.39 is 5.97 Å². The normalized spacial score (nSPS) is 10.5. The van der Waals surface area contributed by atoms with Gasteiger partial charge in [0.1, 0.15) is 0 Å². The van der Waals surface area contributed by atoms with Gasteiger partial charge in [-0.1, -0.05) is 23.7 Å². The molecule has 1 aromatic heterocycles. The van der Waals surface area contributed by atoms with Gasteiger partial charge in [0.25, 0.3) is 0 Å². The highest BCUT2D eigenvalue weighted by molar-refractivity contribution is 6.30. The zero-order valence-corrected chi connectivity index (χ0v) is 10.2. The maximum absolute atomic E-state index is 10.4. The van der Waals surface area contributed by atoms with Crippen molar-refractivity contribution in [3.8, 4) is 0 Å². The van der Waals surface area contributed by atoms with Gasteiger partial charge in [0, 0.05) is 11.4 Å². The highest BCUT2D eigenvalue weighted by Crippen LogP contribution is 2.10. The highest BCUT2D eigenvalue weighted by atomic mass is 35.5. The van der Waals surface area contributed by atoms with Crippen LogP contribution in [-0.4, -0.2) is 31.3 Å². The van der Waals surface area contributed by atoms with Crippen LogP contribution in [0, 0.1) is 0 Å². The minimum Gasteiger partial charge on any atom is -0.480 e. The number of aromatic nitrogens is 4. The van der Waals surface area contributed by atoms with Gasteiger partial charge >= 0.3 is 5.97 Å². The second kappa shape index (κ2) is 5.59. The van der Waals surface area contributed by atoms with Crippen LogP contribution in [0.15, 0.2) is 24.3 Å². The summed E-state index contributed by atoms with van der Waals surface area (Å²) in [7, 11) is 0. The van der Waals surface area contributed by atoms with E-state index in [-0.39, 0.29) is 6.54 Å². The summed E-state index contributed by atoms with van der Waals surface area (Å²) in [6.45, 7) is -0.270. The topological polar surface area (TPSA) is 80.9 Å². The summed E-state index contributed by atoms with van der Waals surface area (Å²) in [4.78, 5) is 11.5. The average molecular weight is 267 g/mol. The lowest BCUT2D eigenvalue weighted by Crippen LogP contribution is -2.11. The van der Waals surface area contributed by atoms with Crippen molar-refractivity contribution in [1.82, 2.24) is 20.2 Å². The molecule has 7 heteroatoms. The molecule has 0 fully saturated rings. The summed E-state index contributed by atoms with van der Waals surface area (Å²) >= 11 is 5.79. The number of carbonyl (C=O) groups is 1. The third-order valence-electron chi connectivity index (χ3n) is 2.32. The van der Waals surface area contributed by atoms with E-state index in [0.717, 1.165) is 16.8 Å². The maximum atomic E-state index is 10.4. The zero-order chi connectivity index (χ0) is 13.0. The van der Waals surface area contributed by atoms with Crippen molar-refractivity contribution in [3.05, 3.63) is 40.7 Å². The van der Waals surface area contributed by atoms with E-state index >= 15 is 0 Å². The Balaban J connectivity index is 1.92. The summed E-state index contributed by atoms with van der Waals surface area (Å²) in [5.41, 5.74) is 1.12. The van der Waals surface area contributed by atoms with Crippen molar-refractivity contribution < 1.29 is 9.90 Å². The summed E-state index contributed by atoms with van der Waals surface area (Å²) < 4.78 is 0. The molecular weight excluding hydrogens is 256 g/mol. The fraction of sp³-hybridized carbons (Fsp3) is 0.273. The SMILES string of the molecule is O=C(O)Cn1nnc(CCc2ccc(Cl)cc2)n1. The van der Waals surface area contributed by atoms with E-state index in [1.54, 1.807) is 0 Å². The Morgan fingerprint density at radius 2 is 2.00 bits per heavy atom. The van der Waals surface area contributed by atoms with Gasteiger partial charge in [0.15, 0.2) is 12.4 Å². The summed E-state index contributed by atoms with van der Waals surface area (Å²) in [5, 5.41) is 20.7. The summed E-state index contributed by atoms with van der Waals surface area (Å²) in [5.74, 6) is -0.456. The quantitative estimate of drug-likeness (QED) is 0.879. The van der Waals surface area contributed by atoms with Gasteiger partial charge < -0.3 is 5.11 Å². The van der Waals surface area contributed by atoms with E-state index in [4.69, 9.17) is 16.7 Å². The van der Waals surface area contributed by atoms with Gasteiger partial charge in [-0.25, -0.2) is 0 Å². The summed E-state index contributed by atoms with van der Waals surface area (Å²) in [6, 6.07) is 7.52. The number of rotatable bonds is 5. The molecule has 6 nitrogen and oxygen atoms in total. The fourth-order valence-corrected chi connectivity index (χ4v) is 1.60. The number of aryl methyl sites for hydroxylation is 2. The van der Waals surface area contributed by atoms with Crippen molar-refractivity contribution in [3.63, 3.8) is 0 Å². The molecular formula is C11H11ClN4O2. The van der Waals surface area contributed by atoms with Crippen LogP contribution in [-0.2, 0) is 24.2 Å². The molecule has 0 radical (unpaired) electrons. The first-order valence-electron chi connectivity index (χ1n) is 5.36. The predicted octanol–water partition coefficient (Wildman–Crippen LogP) is 1.20. The van der Waals surface area contributed by atoms with Gasteiger partial charge in [-0.2, -0.15) is 4.80 Å². The minimum atomic E-state index is -0.989. The number of carboxylic acids is 1. The smallest absolute Gasteiger partial charge is 0.327 e. The van der Waals surface area contributed by atoms with Crippen molar-refractivity contribution >= 4 is 17.6 Å². The predicted molar refractivity (Wildman–Crippen MR) is 64.3 cm³/mol. The molecule has 0 amide bonds. The van der Waals surface area contributed by atoms with Crippen molar-refractivity contribution in [2.75, 3.05) is 0 Å². The van der Waals surface area contributed by atoms with E-state index in [1.807, 2.05) is 24.3 Å². The standard InChI is InChI=1S/C11H11ClN4O2/c12-9-4-1-8(2-5-9)3-6-10-13-15-16(14-10)7-11(17)18/h1-2,4-5H,3,6-7H2,(H,17,18). The molecule has 0 aliphatic rings. The van der Waals surface area contributed by atoms with Crippen LogP contribution in [0.3, 0.4) is 0 Å². The molecule has 18 heavy (non-hydrogen) atoms. The maximum Gasteiger partial charge on any atom is 0.327 e. The molecule has 2 rings (SSSR count). The second-order valence-corrected chi connectivity index (χ2v) is 4.19. The van der Waals surface area contributed by atoms with E-state index in [9.17, 15) is 4.79 Å². The first kappa shape index (κ1) is 12.5. The molecule has 0 aliphatic heterocycles. The third-order valence-corrected chi connectivity index (χ3v) is 2.57. The molecule has 1 heterocycles. The minimum absolute atomic E-state index is 0.270. The molecule has 0 unspecified atom stereocenters. The zero-order valence-electron chi connectivity index (χ0n) is 9.45. The van der Waals surface area contributed by atoms with E-state index in [0.29, 0.717) is 17.3 Å². The Bertz CT molecular complexity index is 538. The Labute approximate surface area is 108 Å². The van der Waals surface area contributed by atoms with Gasteiger partial charge in [-0.3, -0.25) is 4.79 Å². The van der Waals surface area contributed by atoms with Gasteiger partial charge in [-0.05, 0) is 29.3 Å². The first-order chi connectivity index (χ1) is 8.63. The molecule has 1 aromatic carbocycles. The van der Waals surface area contributed by atoms with Crippen molar-refractivity contribution in [2.24, 2.45) is 0 Å². The number of halogens is 1. The monoisotopic (exact) mass is 266 g/mol. The molecule has 0 aliphatic carbocycles. The Morgan fingerprint density at radius 3 is 2.67 bits per heavy atom. The lowest BCUT2D eigenvalue weighted by molar-refractivity contribution is -0.138. The number of hydrogen-bond donors (Lipinski definition) is 1. The third kappa shape index (κ3) is 3.53. The second-order valence-electron chi connectivity index (χ2n) is 3.76. The van der Waals surface area contributed by atoms with Crippen LogP contribution in [0.2, 0.25) is 5.02 Å². The Hall–Kier alpha value is -1.95. The lowest BCUT2D eigenvalue weighted by atomic mass is 10.1. The van der Waals surface area contributed by atoms with E-state index in [1.165, 1.54) is 0 Å². The molecule has 0 bridgehead atoms. The average Bonchev–Trinajstić information content (AvgIpc) is 2.75. The largest absolute Gasteiger partial charge is 0.480 e. The molecule has 2 aromatic rings. The Kier molecular flexibility index (Phi) is 3.88. The number of hydrogen-bond acceptors (Lipinski definition) is 4. The highest BCUT2D eigenvalue weighted by Gasteiger charge is 2.06. The number of carboxylic acid groups (broad SMARTS) is 1. The molecule has 0 spiro atoms. The number of nitrogens with zero attached hydrogens (tertiary/aromatic N) is 4. The van der Waals surface area contributed by atoms with Crippen LogP contribution in [0.25, 0.3) is 0 Å². The van der Waals surface area contributed by atoms with E-state index in [2.05, 4.69) is 15.4 Å². The van der Waals surface area contributed by atoms with Crippen LogP contribution in [0.1, 0.15) is 11.4 Å². The number of benzene rings is 1. The number of tetrazole rings is 1. The molecule has 94 valence electrons. The first-order valence-corrected chi connectivity index (χ1v) is 5.74. The van der Waals surface area contributed by atoms with Crippen LogP contribution < -0.4 is 0 Å². The van der Waals surface area contributed by atoms with Crippen LogP contribution in [0.4, 0.5) is 0 Å². The van der Waals surface area contributed by atoms with Crippen LogP contribution in [0.5, 0.6) is 0 Å².